The third-order valence-corrected chi connectivity index (χ3v) is 9.74. The van der Waals surface area contributed by atoms with E-state index in [2.05, 4.69) is 86.4 Å². The molecule has 4 heterocycles. The number of hydrogen-bond donors (Lipinski definition) is 0. The minimum absolute atomic E-state index is 0. The van der Waals surface area contributed by atoms with E-state index in [1.807, 2.05) is 6.20 Å². The van der Waals surface area contributed by atoms with E-state index in [1.165, 1.54) is 158 Å². The first-order valence-electron chi connectivity index (χ1n) is 20.5. The smallest absolute Gasteiger partial charge is 0 e. The fourth-order valence-electron chi connectivity index (χ4n) is 6.54. The van der Waals surface area contributed by atoms with E-state index < -0.39 is 0 Å². The van der Waals surface area contributed by atoms with Gasteiger partial charge in [-0.05, 0) is 30.6 Å². The molecule has 0 bridgehead atoms. The van der Waals surface area contributed by atoms with Crippen LogP contribution >= 0.6 is 0 Å². The van der Waals surface area contributed by atoms with Crippen LogP contribution in [0.15, 0.2) is 23.9 Å². The Kier molecular flexibility index (Phi) is 50.3. The van der Waals surface area contributed by atoms with E-state index in [0.717, 1.165) is 63.6 Å². The third kappa shape index (κ3) is 41.7. The second-order valence-corrected chi connectivity index (χ2v) is 14.3. The topological polar surface area (TPSA) is 104 Å². The first-order chi connectivity index (χ1) is 24.6. The first kappa shape index (κ1) is 54.4. The fraction of sp³-hybridized carbons (Fsp3) is 0.857. The molecule has 0 spiro atoms. The van der Waals surface area contributed by atoms with E-state index in [0.29, 0.717) is 0 Å². The molecule has 0 atom stereocenters. The number of nitrogens with zero attached hydrogens (tertiary/aromatic N) is 6. The molecular weight excluding hydrogens is 712 g/mol. The number of nitriles is 2. The number of piperidine rings is 3. The van der Waals surface area contributed by atoms with Gasteiger partial charge in [0.15, 0.2) is 0 Å². The number of thiocyanates is 2. The van der Waals surface area contributed by atoms with Gasteiger partial charge >= 0.3 is 0 Å². The van der Waals surface area contributed by atoms with Crippen molar-refractivity contribution < 1.29 is 16.8 Å². The summed E-state index contributed by atoms with van der Waals surface area (Å²) in [6.07, 6.45) is 36.7. The fourth-order valence-corrected chi connectivity index (χ4v) is 6.54. The van der Waals surface area contributed by atoms with Crippen LogP contribution in [-0.2, 0) is 42.0 Å². The molecule has 0 aliphatic carbocycles. The molecule has 301 valence electrons. The van der Waals surface area contributed by atoms with Crippen LogP contribution in [0.25, 0.3) is 21.3 Å². The maximum Gasteiger partial charge on any atom is 0 e. The van der Waals surface area contributed by atoms with Gasteiger partial charge < -0.3 is 46.5 Å². The second kappa shape index (κ2) is 47.1. The summed E-state index contributed by atoms with van der Waals surface area (Å²) in [6.45, 7) is 16.8. The van der Waals surface area contributed by atoms with E-state index in [-0.39, 0.29) is 16.8 Å². The molecule has 6 nitrogen and oxygen atoms in total. The predicted octanol–water partition coefficient (Wildman–Crippen LogP) is 13.5. The van der Waals surface area contributed by atoms with Crippen molar-refractivity contribution in [2.45, 2.75) is 169 Å². The average Bonchev–Trinajstić information content (AvgIpc) is 3.15. The predicted molar refractivity (Wildman–Crippen MR) is 225 cm³/mol. The SMILES string of the molecule is CCCCCC1=CC[N-]C=C1.CCCCCC1CC[N-]CC1.CCCCCC1CC[N-]CC1.CCCCCC1CC[N-]CC1.N#C[S-].N#C[S-].[Co]. The van der Waals surface area contributed by atoms with Gasteiger partial charge in [0.2, 0.25) is 0 Å². The maximum absolute atomic E-state index is 7.13. The summed E-state index contributed by atoms with van der Waals surface area (Å²) in [7, 11) is 0. The van der Waals surface area contributed by atoms with E-state index >= 15 is 0 Å². The van der Waals surface area contributed by atoms with Gasteiger partial charge in [0.05, 0.1) is 0 Å². The number of hydrogen-bond acceptors (Lipinski definition) is 4. The Bertz CT molecular complexity index is 742. The van der Waals surface area contributed by atoms with Gasteiger partial charge in [-0.15, -0.1) is 45.8 Å². The van der Waals surface area contributed by atoms with Gasteiger partial charge in [-0.25, -0.2) is 10.5 Å². The van der Waals surface area contributed by atoms with E-state index in [4.69, 9.17) is 10.5 Å². The van der Waals surface area contributed by atoms with Crippen molar-refractivity contribution in [1.29, 1.82) is 10.5 Å². The van der Waals surface area contributed by atoms with Crippen molar-refractivity contribution in [3.8, 4) is 10.8 Å². The summed E-state index contributed by atoms with van der Waals surface area (Å²) < 4.78 is 0. The zero-order chi connectivity index (χ0) is 37.2. The van der Waals surface area contributed by atoms with Crippen LogP contribution in [0.1, 0.15) is 169 Å². The van der Waals surface area contributed by atoms with Crippen LogP contribution in [0.4, 0.5) is 0 Å². The Hall–Kier alpha value is -0.914. The average molecular weight is 788 g/mol. The molecule has 0 aromatic heterocycles. The molecule has 4 aliphatic rings. The molecule has 3 fully saturated rings. The zero-order valence-corrected chi connectivity index (χ0v) is 36.0. The molecule has 0 amide bonds. The Morgan fingerprint density at radius 3 is 1.16 bits per heavy atom. The van der Waals surface area contributed by atoms with Crippen LogP contribution in [0, 0.1) is 39.1 Å². The number of rotatable bonds is 16. The van der Waals surface area contributed by atoms with Gasteiger partial charge in [0, 0.05) is 16.8 Å². The van der Waals surface area contributed by atoms with Gasteiger partial charge in [0.1, 0.15) is 0 Å². The Balaban J connectivity index is -0.000000568. The third-order valence-electron chi connectivity index (χ3n) is 9.74. The molecule has 0 aromatic rings. The Morgan fingerprint density at radius 1 is 0.569 bits per heavy atom. The van der Waals surface area contributed by atoms with Crippen LogP contribution < -0.4 is 0 Å². The summed E-state index contributed by atoms with van der Waals surface area (Å²) in [4.78, 5) is 0. The molecule has 0 aromatic carbocycles. The molecule has 9 heteroatoms. The molecular formula is C42H76CoN6S2-6. The number of allylic oxidation sites excluding steroid dienone is 2. The standard InChI is InChI=1S/3C10H20N.C10H16N.2CHNS.Co/c4*1-2-3-4-5-10-6-8-11-9-7-10;2*2-1-3;/h3*10H,2-9H2,1H3;6-8H,2-5,9H2,1H3;2*3H;/q4*-1;;;/p-2. The van der Waals surface area contributed by atoms with Crippen LogP contribution in [0.3, 0.4) is 0 Å². The second-order valence-electron chi connectivity index (χ2n) is 13.9. The Morgan fingerprint density at radius 2 is 0.882 bits per heavy atom. The van der Waals surface area contributed by atoms with Crippen LogP contribution in [-0.4, -0.2) is 45.8 Å². The Labute approximate surface area is 339 Å². The van der Waals surface area contributed by atoms with E-state index in [9.17, 15) is 0 Å². The molecule has 0 N–H and O–H groups in total. The summed E-state index contributed by atoms with van der Waals surface area (Å²) in [5.41, 5.74) is 1.47. The monoisotopic (exact) mass is 787 g/mol. The molecule has 1 radical (unpaired) electrons. The number of unbranched alkanes of at least 4 members (excludes halogenated alkanes) is 8. The van der Waals surface area contributed by atoms with Crippen molar-refractivity contribution >= 4 is 25.3 Å². The molecule has 4 aliphatic heterocycles. The molecule has 4 rings (SSSR count). The summed E-state index contributed by atoms with van der Waals surface area (Å²) >= 11 is 7.40. The van der Waals surface area contributed by atoms with Gasteiger partial charge in [0.25, 0.3) is 0 Å². The summed E-state index contributed by atoms with van der Waals surface area (Å²) in [5, 5.41) is 34.1. The molecule has 51 heavy (non-hydrogen) atoms. The largest absolute Gasteiger partial charge is 0.696 e. The first-order valence-corrected chi connectivity index (χ1v) is 21.3. The zero-order valence-electron chi connectivity index (χ0n) is 33.3. The van der Waals surface area contributed by atoms with Crippen molar-refractivity contribution in [3.63, 3.8) is 0 Å². The van der Waals surface area contributed by atoms with Crippen LogP contribution in [0.2, 0.25) is 0 Å². The summed E-state index contributed by atoms with van der Waals surface area (Å²) in [6, 6.07) is 0. The minimum Gasteiger partial charge on any atom is -0.696 e. The van der Waals surface area contributed by atoms with Crippen molar-refractivity contribution in [3.05, 3.63) is 45.2 Å². The van der Waals surface area contributed by atoms with Gasteiger partial charge in [-0.3, -0.25) is 0 Å². The van der Waals surface area contributed by atoms with Gasteiger partial charge in [-0.2, -0.15) is 6.20 Å². The molecule has 0 unspecified atom stereocenters. The van der Waals surface area contributed by atoms with Gasteiger partial charge in [-0.1, -0.05) is 185 Å². The normalized spacial score (nSPS) is 16.9. The molecule has 3 saturated heterocycles. The van der Waals surface area contributed by atoms with E-state index in [1.54, 1.807) is 0 Å². The maximum atomic E-state index is 7.13. The van der Waals surface area contributed by atoms with Crippen LogP contribution in [0.5, 0.6) is 0 Å². The minimum atomic E-state index is 0. The van der Waals surface area contributed by atoms with Crippen molar-refractivity contribution in [1.82, 2.24) is 0 Å². The summed E-state index contributed by atoms with van der Waals surface area (Å²) in [5.74, 6) is 3.04. The van der Waals surface area contributed by atoms with Crippen molar-refractivity contribution in [2.24, 2.45) is 17.8 Å². The molecule has 0 saturated carbocycles. The quantitative estimate of drug-likeness (QED) is 0.0882. The van der Waals surface area contributed by atoms with Crippen molar-refractivity contribution in [2.75, 3.05) is 45.8 Å².